The molecule has 0 fully saturated rings. The van der Waals surface area contributed by atoms with Gasteiger partial charge < -0.3 is 0 Å². The first kappa shape index (κ1) is 25.5. The van der Waals surface area contributed by atoms with Gasteiger partial charge in [-0.2, -0.15) is 5.10 Å². The standard InChI is InChI=1S/C23H20Cl4FN3O2S/c1-23(27)9-8-17(28)11-22(23)34(32,33)29-13-18-12-21(14-2-4-15(24)5-3-14)31(30-18)20-7-6-16(25)10-19(20)26/h2-11,21-22,29H,12-13H2,1H3. The fraction of sp³-hybridized carbons (Fsp3) is 0.261. The highest BCUT2D eigenvalue weighted by Gasteiger charge is 2.41. The summed E-state index contributed by atoms with van der Waals surface area (Å²) in [5, 5.41) is 6.60. The average molecular weight is 563 g/mol. The lowest BCUT2D eigenvalue weighted by molar-refractivity contribution is 0.560. The highest BCUT2D eigenvalue weighted by Crippen LogP contribution is 2.40. The van der Waals surface area contributed by atoms with Crippen LogP contribution in [0.3, 0.4) is 0 Å². The Morgan fingerprint density at radius 2 is 1.82 bits per heavy atom. The monoisotopic (exact) mass is 561 g/mol. The van der Waals surface area contributed by atoms with Crippen molar-refractivity contribution in [3.8, 4) is 0 Å². The smallest absolute Gasteiger partial charge is 0.220 e. The largest absolute Gasteiger partial charge is 0.256 e. The van der Waals surface area contributed by atoms with Gasteiger partial charge in [-0.1, -0.05) is 53.0 Å². The Kier molecular flexibility index (Phi) is 7.34. The van der Waals surface area contributed by atoms with E-state index in [4.69, 9.17) is 46.4 Å². The first-order valence-electron chi connectivity index (χ1n) is 10.3. The molecule has 0 bridgehead atoms. The molecule has 1 N–H and O–H groups in total. The molecular formula is C23H20Cl4FN3O2S. The molecular weight excluding hydrogens is 543 g/mol. The molecule has 2 aromatic rings. The Hall–Kier alpha value is -1.61. The van der Waals surface area contributed by atoms with Gasteiger partial charge in [-0.3, -0.25) is 5.01 Å². The Labute approximate surface area is 217 Å². The molecule has 0 spiro atoms. The summed E-state index contributed by atoms with van der Waals surface area (Å²) in [4.78, 5) is -1.28. The number of nitrogens with one attached hydrogen (secondary N) is 1. The molecule has 4 rings (SSSR count). The van der Waals surface area contributed by atoms with E-state index in [1.54, 1.807) is 35.3 Å². The van der Waals surface area contributed by atoms with Crippen LogP contribution in [0, 0.1) is 0 Å². The second-order valence-electron chi connectivity index (χ2n) is 8.20. The summed E-state index contributed by atoms with van der Waals surface area (Å²) in [5.74, 6) is -0.655. The molecule has 2 aliphatic rings. The topological polar surface area (TPSA) is 61.8 Å². The van der Waals surface area contributed by atoms with Crippen LogP contribution < -0.4 is 9.73 Å². The van der Waals surface area contributed by atoms with Crippen LogP contribution in [-0.4, -0.2) is 30.8 Å². The van der Waals surface area contributed by atoms with Crippen LogP contribution in [0.4, 0.5) is 10.1 Å². The highest BCUT2D eigenvalue weighted by atomic mass is 35.5. The number of alkyl halides is 1. The molecule has 5 nitrogen and oxygen atoms in total. The van der Waals surface area contributed by atoms with Crippen molar-refractivity contribution in [3.05, 3.63) is 87.2 Å². The van der Waals surface area contributed by atoms with Crippen LogP contribution in [0.25, 0.3) is 0 Å². The maximum atomic E-state index is 13.8. The fourth-order valence-corrected chi connectivity index (χ4v) is 6.52. The number of rotatable bonds is 6. The van der Waals surface area contributed by atoms with Crippen LogP contribution in [-0.2, 0) is 10.0 Å². The van der Waals surface area contributed by atoms with Crippen molar-refractivity contribution in [2.45, 2.75) is 29.5 Å². The van der Waals surface area contributed by atoms with E-state index >= 15 is 0 Å². The third kappa shape index (κ3) is 5.45. The summed E-state index contributed by atoms with van der Waals surface area (Å²) in [6, 6.07) is 12.1. The van der Waals surface area contributed by atoms with Crippen LogP contribution in [0.1, 0.15) is 24.9 Å². The number of hydrogen-bond donors (Lipinski definition) is 1. The maximum Gasteiger partial charge on any atom is 0.220 e. The van der Waals surface area contributed by atoms with E-state index < -0.39 is 26.0 Å². The predicted octanol–water partition coefficient (Wildman–Crippen LogP) is 6.66. The van der Waals surface area contributed by atoms with Gasteiger partial charge in [0.1, 0.15) is 11.1 Å². The molecule has 1 heterocycles. The number of hydrazone groups is 1. The molecule has 3 unspecified atom stereocenters. The van der Waals surface area contributed by atoms with Crippen molar-refractivity contribution in [3.63, 3.8) is 0 Å². The summed E-state index contributed by atoms with van der Waals surface area (Å²) < 4.78 is 42.3. The Bertz CT molecular complexity index is 1290. The quantitative estimate of drug-likeness (QED) is 0.400. The lowest BCUT2D eigenvalue weighted by Gasteiger charge is -2.29. The number of allylic oxidation sites excluding steroid dienone is 3. The number of nitrogens with zero attached hydrogens (tertiary/aromatic N) is 2. The van der Waals surface area contributed by atoms with Gasteiger partial charge in [-0.05, 0) is 55.0 Å². The molecule has 34 heavy (non-hydrogen) atoms. The zero-order chi connectivity index (χ0) is 24.7. The molecule has 180 valence electrons. The first-order chi connectivity index (χ1) is 16.0. The minimum Gasteiger partial charge on any atom is -0.256 e. The van der Waals surface area contributed by atoms with E-state index in [9.17, 15) is 12.8 Å². The SMILES string of the molecule is CC1(Cl)C=CC(F)=CC1S(=O)(=O)NCC1=NN(c2ccc(Cl)cc2Cl)C(c2ccc(Cl)cc2)C1. The Balaban J connectivity index is 1.60. The van der Waals surface area contributed by atoms with Crippen molar-refractivity contribution in [2.75, 3.05) is 11.6 Å². The normalized spacial score (nSPS) is 24.8. The van der Waals surface area contributed by atoms with Gasteiger partial charge in [0, 0.05) is 16.5 Å². The van der Waals surface area contributed by atoms with Crippen molar-refractivity contribution < 1.29 is 12.8 Å². The lowest BCUT2D eigenvalue weighted by atomic mass is 10.0. The molecule has 2 aromatic carbocycles. The number of anilines is 1. The van der Waals surface area contributed by atoms with Crippen molar-refractivity contribution in [1.82, 2.24) is 4.72 Å². The third-order valence-corrected chi connectivity index (χ3v) is 8.75. The lowest BCUT2D eigenvalue weighted by Crippen LogP contribution is -2.46. The molecule has 0 radical (unpaired) electrons. The minimum absolute atomic E-state index is 0.0726. The van der Waals surface area contributed by atoms with E-state index in [2.05, 4.69) is 9.82 Å². The number of halogens is 5. The van der Waals surface area contributed by atoms with E-state index in [-0.39, 0.29) is 12.6 Å². The van der Waals surface area contributed by atoms with Crippen molar-refractivity contribution in [1.29, 1.82) is 0 Å². The van der Waals surface area contributed by atoms with E-state index in [1.165, 1.54) is 13.0 Å². The van der Waals surface area contributed by atoms with E-state index in [0.717, 1.165) is 17.7 Å². The number of benzene rings is 2. The van der Waals surface area contributed by atoms with Crippen LogP contribution in [0.5, 0.6) is 0 Å². The van der Waals surface area contributed by atoms with Crippen LogP contribution >= 0.6 is 46.4 Å². The summed E-state index contributed by atoms with van der Waals surface area (Å²) >= 11 is 24.9. The predicted molar refractivity (Wildman–Crippen MR) is 138 cm³/mol. The first-order valence-corrected chi connectivity index (χ1v) is 13.3. The zero-order valence-electron chi connectivity index (χ0n) is 17.9. The van der Waals surface area contributed by atoms with Gasteiger partial charge in [0.25, 0.3) is 0 Å². The molecule has 11 heteroatoms. The maximum absolute atomic E-state index is 13.8. The van der Waals surface area contributed by atoms with Gasteiger partial charge in [0.05, 0.1) is 33.9 Å². The second-order valence-corrected chi connectivity index (χ2v) is 12.2. The molecule has 1 aliphatic heterocycles. The number of sulfonamides is 1. The summed E-state index contributed by atoms with van der Waals surface area (Å²) in [5.41, 5.74) is 2.12. The molecule has 0 aromatic heterocycles. The Morgan fingerprint density at radius 1 is 1.15 bits per heavy atom. The van der Waals surface area contributed by atoms with E-state index in [0.29, 0.717) is 32.9 Å². The van der Waals surface area contributed by atoms with Crippen LogP contribution in [0.2, 0.25) is 15.1 Å². The second kappa shape index (κ2) is 9.80. The summed E-state index contributed by atoms with van der Waals surface area (Å²) in [6.07, 6.45) is 3.92. The molecule has 0 saturated carbocycles. The highest BCUT2D eigenvalue weighted by molar-refractivity contribution is 7.90. The third-order valence-electron chi connectivity index (χ3n) is 5.63. The zero-order valence-corrected chi connectivity index (χ0v) is 21.7. The molecule has 0 amide bonds. The van der Waals surface area contributed by atoms with Crippen LogP contribution in [0.15, 0.2) is 71.6 Å². The van der Waals surface area contributed by atoms with Gasteiger partial charge in [0.2, 0.25) is 10.0 Å². The average Bonchev–Trinajstić information content (AvgIpc) is 3.18. The Morgan fingerprint density at radius 3 is 2.50 bits per heavy atom. The van der Waals surface area contributed by atoms with Crippen molar-refractivity contribution in [2.24, 2.45) is 5.10 Å². The minimum atomic E-state index is -4.00. The van der Waals surface area contributed by atoms with E-state index in [1.807, 2.05) is 12.1 Å². The summed E-state index contributed by atoms with van der Waals surface area (Å²) in [6.45, 7) is 1.45. The summed E-state index contributed by atoms with van der Waals surface area (Å²) in [7, 11) is -4.00. The van der Waals surface area contributed by atoms with Gasteiger partial charge in [0.15, 0.2) is 0 Å². The van der Waals surface area contributed by atoms with Gasteiger partial charge >= 0.3 is 0 Å². The van der Waals surface area contributed by atoms with Crippen molar-refractivity contribution >= 4 is 67.8 Å². The van der Waals surface area contributed by atoms with Gasteiger partial charge in [-0.25, -0.2) is 17.5 Å². The number of hydrogen-bond acceptors (Lipinski definition) is 4. The van der Waals surface area contributed by atoms with Gasteiger partial charge in [-0.15, -0.1) is 11.6 Å². The fourth-order valence-electron chi connectivity index (χ4n) is 3.88. The molecule has 0 saturated heterocycles. The molecule has 3 atom stereocenters. The molecule has 1 aliphatic carbocycles.